The maximum absolute atomic E-state index is 13.7. The molecule has 10 heteroatoms. The molecule has 3 rings (SSSR count). The van der Waals surface area contributed by atoms with Gasteiger partial charge in [-0.15, -0.1) is 0 Å². The number of aromatic nitrogens is 1. The summed E-state index contributed by atoms with van der Waals surface area (Å²) in [6, 6.07) is 7.79. The molecular weight excluding hydrogens is 385 g/mol. The minimum absolute atomic E-state index is 0.0283. The number of hydrogen-bond donors (Lipinski definition) is 1. The van der Waals surface area contributed by atoms with Gasteiger partial charge in [0.05, 0.1) is 18.4 Å². The van der Waals surface area contributed by atoms with Crippen LogP contribution in [0.25, 0.3) is 11.1 Å². The van der Waals surface area contributed by atoms with Crippen molar-refractivity contribution in [1.29, 1.82) is 0 Å². The number of esters is 1. The monoisotopic (exact) mass is 401 g/mol. The zero-order chi connectivity index (χ0) is 21.1. The number of anilines is 1. The number of nitrogens with zero attached hydrogens (tertiary/aromatic N) is 2. The van der Waals surface area contributed by atoms with Gasteiger partial charge in [0, 0.05) is 18.8 Å². The van der Waals surface area contributed by atoms with Crippen molar-refractivity contribution in [2.75, 3.05) is 11.9 Å². The molecule has 1 N–H and O–H groups in total. The van der Waals surface area contributed by atoms with E-state index in [1.807, 2.05) is 0 Å². The summed E-state index contributed by atoms with van der Waals surface area (Å²) >= 11 is 0. The van der Waals surface area contributed by atoms with Crippen molar-refractivity contribution in [2.45, 2.75) is 6.92 Å². The lowest BCUT2D eigenvalue weighted by Crippen LogP contribution is -2.17. The van der Waals surface area contributed by atoms with E-state index >= 15 is 0 Å². The number of rotatable bonds is 6. The average Bonchev–Trinajstić information content (AvgIpc) is 3.27. The number of amides is 1. The van der Waals surface area contributed by atoms with E-state index in [0.717, 1.165) is 12.1 Å². The first-order valence-corrected chi connectivity index (χ1v) is 8.49. The molecule has 0 aliphatic rings. The number of halogens is 1. The Morgan fingerprint density at radius 2 is 2.07 bits per heavy atom. The highest BCUT2D eigenvalue weighted by molar-refractivity contribution is 6.09. The number of carbonyl (C=O) groups excluding carboxylic acids is 2. The van der Waals surface area contributed by atoms with E-state index < -0.39 is 28.5 Å². The lowest BCUT2D eigenvalue weighted by Gasteiger charge is -2.09. The Morgan fingerprint density at radius 1 is 1.31 bits per heavy atom. The first-order valence-electron chi connectivity index (χ1n) is 8.49. The molecule has 9 nitrogen and oxygen atoms in total. The van der Waals surface area contributed by atoms with Crippen molar-refractivity contribution in [2.24, 2.45) is 7.05 Å². The number of furan rings is 1. The summed E-state index contributed by atoms with van der Waals surface area (Å²) in [6.07, 6.45) is 1.54. The Bertz CT molecular complexity index is 1100. The third-order valence-electron chi connectivity index (χ3n) is 4.02. The maximum Gasteiger partial charge on any atom is 0.433 e. The SMILES string of the molecule is CCOC(=O)c1c(NC(=O)c2ccc([N+](=O)[O-])o2)c(-c2cccc(F)c2)cn1C. The summed E-state index contributed by atoms with van der Waals surface area (Å²) in [5.74, 6) is -2.92. The predicted octanol–water partition coefficient (Wildman–Crippen LogP) is 3.76. The lowest BCUT2D eigenvalue weighted by molar-refractivity contribution is -0.402. The summed E-state index contributed by atoms with van der Waals surface area (Å²) in [6.45, 7) is 1.74. The zero-order valence-corrected chi connectivity index (χ0v) is 15.5. The van der Waals surface area contributed by atoms with E-state index in [-0.39, 0.29) is 23.7 Å². The molecule has 1 aromatic carbocycles. The van der Waals surface area contributed by atoms with Crippen LogP contribution < -0.4 is 5.32 Å². The highest BCUT2D eigenvalue weighted by atomic mass is 19.1. The van der Waals surface area contributed by atoms with Crippen molar-refractivity contribution >= 4 is 23.4 Å². The van der Waals surface area contributed by atoms with E-state index in [1.54, 1.807) is 26.2 Å². The van der Waals surface area contributed by atoms with Crippen LogP contribution in [0.4, 0.5) is 16.0 Å². The second-order valence-electron chi connectivity index (χ2n) is 5.96. The third-order valence-corrected chi connectivity index (χ3v) is 4.02. The fourth-order valence-corrected chi connectivity index (χ4v) is 2.80. The summed E-state index contributed by atoms with van der Waals surface area (Å²) in [5, 5.41) is 13.3. The number of ether oxygens (including phenoxy) is 1. The van der Waals surface area contributed by atoms with Gasteiger partial charge in [-0.25, -0.2) is 9.18 Å². The van der Waals surface area contributed by atoms with Crippen molar-refractivity contribution in [3.63, 3.8) is 0 Å². The fourth-order valence-electron chi connectivity index (χ4n) is 2.80. The molecule has 2 aromatic heterocycles. The van der Waals surface area contributed by atoms with Crippen molar-refractivity contribution in [3.05, 3.63) is 70.0 Å². The minimum atomic E-state index is -0.812. The lowest BCUT2D eigenvalue weighted by atomic mass is 10.1. The average molecular weight is 401 g/mol. The minimum Gasteiger partial charge on any atom is -0.461 e. The van der Waals surface area contributed by atoms with Gasteiger partial charge in [-0.05, 0) is 30.7 Å². The Balaban J connectivity index is 2.07. The van der Waals surface area contributed by atoms with Crippen LogP contribution >= 0.6 is 0 Å². The van der Waals surface area contributed by atoms with Crippen LogP contribution in [0.15, 0.2) is 47.0 Å². The first kappa shape index (κ1) is 19.8. The number of hydrogen-bond acceptors (Lipinski definition) is 6. The summed E-state index contributed by atoms with van der Waals surface area (Å²) in [5.41, 5.74) is 0.877. The van der Waals surface area contributed by atoms with Crippen molar-refractivity contribution < 1.29 is 28.1 Å². The molecule has 2 heterocycles. The highest BCUT2D eigenvalue weighted by Gasteiger charge is 2.26. The van der Waals surface area contributed by atoms with Gasteiger partial charge in [-0.3, -0.25) is 14.9 Å². The molecule has 29 heavy (non-hydrogen) atoms. The highest BCUT2D eigenvalue weighted by Crippen LogP contribution is 2.34. The molecule has 0 aliphatic heterocycles. The molecule has 150 valence electrons. The van der Waals surface area contributed by atoms with Gasteiger partial charge >= 0.3 is 11.9 Å². The molecule has 0 unspecified atom stereocenters. The molecule has 0 spiro atoms. The topological polar surface area (TPSA) is 117 Å². The van der Waals surface area contributed by atoms with Gasteiger partial charge in [-0.2, -0.15) is 0 Å². The van der Waals surface area contributed by atoms with Crippen LogP contribution in [-0.2, 0) is 11.8 Å². The Hall–Kier alpha value is -3.95. The smallest absolute Gasteiger partial charge is 0.433 e. The first-order chi connectivity index (χ1) is 13.8. The predicted molar refractivity (Wildman–Crippen MR) is 100 cm³/mol. The number of aryl methyl sites for hydroxylation is 1. The molecule has 0 aliphatic carbocycles. The van der Waals surface area contributed by atoms with Crippen LogP contribution in [0.2, 0.25) is 0 Å². The Kier molecular flexibility index (Phi) is 5.44. The van der Waals surface area contributed by atoms with Crippen LogP contribution in [0.5, 0.6) is 0 Å². The van der Waals surface area contributed by atoms with E-state index in [9.17, 15) is 24.1 Å². The van der Waals surface area contributed by atoms with E-state index in [2.05, 4.69) is 5.32 Å². The number of carbonyl (C=O) groups is 2. The fraction of sp³-hybridized carbons (Fsp3) is 0.158. The zero-order valence-electron chi connectivity index (χ0n) is 15.5. The van der Waals surface area contributed by atoms with Crippen LogP contribution in [-0.4, -0.2) is 28.0 Å². The Morgan fingerprint density at radius 3 is 2.69 bits per heavy atom. The van der Waals surface area contributed by atoms with Gasteiger partial charge in [0.1, 0.15) is 10.7 Å². The standard InChI is InChI=1S/C19H16FN3O6/c1-3-28-19(25)17-16(21-18(24)14-7-8-15(29-14)23(26)27)13(10-22(17)2)11-5-4-6-12(20)9-11/h4-10H,3H2,1-2H3,(H,21,24). The summed E-state index contributed by atoms with van der Waals surface area (Å²) in [7, 11) is 1.57. The van der Waals surface area contributed by atoms with Gasteiger partial charge in [0.15, 0.2) is 11.5 Å². The number of nitrogens with one attached hydrogen (secondary N) is 1. The second kappa shape index (κ2) is 7.97. The molecule has 0 bridgehead atoms. The van der Waals surface area contributed by atoms with Gasteiger partial charge < -0.3 is 19.0 Å². The molecule has 3 aromatic rings. The van der Waals surface area contributed by atoms with E-state index in [1.165, 1.54) is 22.8 Å². The van der Waals surface area contributed by atoms with Crippen molar-refractivity contribution in [1.82, 2.24) is 4.57 Å². The Labute approximate surface area is 163 Å². The molecule has 0 atom stereocenters. The van der Waals surface area contributed by atoms with Gasteiger partial charge in [-0.1, -0.05) is 12.1 Å². The van der Waals surface area contributed by atoms with E-state index in [0.29, 0.717) is 11.1 Å². The molecule has 0 fully saturated rings. The molecule has 0 saturated heterocycles. The second-order valence-corrected chi connectivity index (χ2v) is 5.96. The maximum atomic E-state index is 13.7. The molecule has 1 amide bonds. The quantitative estimate of drug-likeness (QED) is 0.382. The largest absolute Gasteiger partial charge is 0.461 e. The van der Waals surface area contributed by atoms with E-state index in [4.69, 9.17) is 9.15 Å². The van der Waals surface area contributed by atoms with Crippen LogP contribution in [0.3, 0.4) is 0 Å². The van der Waals surface area contributed by atoms with Crippen molar-refractivity contribution in [3.8, 4) is 11.1 Å². The normalized spacial score (nSPS) is 10.6. The molecule has 0 saturated carbocycles. The number of benzene rings is 1. The third kappa shape index (κ3) is 4.00. The number of nitro groups is 1. The summed E-state index contributed by atoms with van der Waals surface area (Å²) < 4.78 is 25.1. The van der Waals surface area contributed by atoms with Crippen LogP contribution in [0.1, 0.15) is 28.0 Å². The van der Waals surface area contributed by atoms with Gasteiger partial charge in [0.2, 0.25) is 0 Å². The van der Waals surface area contributed by atoms with Gasteiger partial charge in [0.25, 0.3) is 5.91 Å². The molecular formula is C19H16FN3O6. The molecule has 0 radical (unpaired) electrons. The summed E-state index contributed by atoms with van der Waals surface area (Å²) in [4.78, 5) is 35.0. The van der Waals surface area contributed by atoms with Crippen LogP contribution in [0, 0.1) is 15.9 Å².